The molecule has 30 heavy (non-hydrogen) atoms. The first kappa shape index (κ1) is 22.2. The number of hydrogen-bond acceptors (Lipinski definition) is 5. The molecule has 7 nitrogen and oxygen atoms in total. The normalized spacial score (nSPS) is 15.7. The maximum absolute atomic E-state index is 13.9. The van der Waals surface area contributed by atoms with Gasteiger partial charge in [-0.05, 0) is 36.8 Å². The first-order valence-electron chi connectivity index (χ1n) is 9.79. The third-order valence-corrected chi connectivity index (χ3v) is 6.77. The molecule has 1 N–H and O–H groups in total. The molecule has 0 spiro atoms. The van der Waals surface area contributed by atoms with Gasteiger partial charge in [0.1, 0.15) is 23.1 Å². The molecule has 0 bridgehead atoms. The fraction of sp³-hybridized carbons (Fsp3) is 0.381. The SMILES string of the molecule is Cc1cccc(OCCNC(=O)CN2CCN(S(=O)(=O)c3ccccc3F)CC2)c1. The molecule has 1 heterocycles. The van der Waals surface area contributed by atoms with Crippen molar-refractivity contribution in [2.45, 2.75) is 11.8 Å². The van der Waals surface area contributed by atoms with Crippen molar-refractivity contribution >= 4 is 15.9 Å². The first-order chi connectivity index (χ1) is 14.4. The van der Waals surface area contributed by atoms with Crippen LogP contribution < -0.4 is 10.1 Å². The number of benzene rings is 2. The Hall–Kier alpha value is -2.49. The summed E-state index contributed by atoms with van der Waals surface area (Å²) in [5.74, 6) is -0.142. The number of rotatable bonds is 8. The molecule has 0 atom stereocenters. The number of amides is 1. The molecule has 1 fully saturated rings. The first-order valence-corrected chi connectivity index (χ1v) is 11.2. The van der Waals surface area contributed by atoms with Gasteiger partial charge in [0.15, 0.2) is 0 Å². The number of hydrogen-bond donors (Lipinski definition) is 1. The Morgan fingerprint density at radius 3 is 2.53 bits per heavy atom. The number of sulfonamides is 1. The summed E-state index contributed by atoms with van der Waals surface area (Å²) < 4.78 is 46.0. The zero-order valence-corrected chi connectivity index (χ0v) is 17.7. The zero-order valence-electron chi connectivity index (χ0n) is 16.9. The minimum absolute atomic E-state index is 0.145. The maximum atomic E-state index is 13.9. The van der Waals surface area contributed by atoms with Gasteiger partial charge in [0, 0.05) is 26.2 Å². The van der Waals surface area contributed by atoms with E-state index >= 15 is 0 Å². The molecule has 1 aliphatic rings. The summed E-state index contributed by atoms with van der Waals surface area (Å²) in [6, 6.07) is 13.0. The van der Waals surface area contributed by atoms with Crippen LogP contribution in [-0.2, 0) is 14.8 Å². The van der Waals surface area contributed by atoms with Gasteiger partial charge in [-0.2, -0.15) is 4.31 Å². The molecule has 2 aromatic carbocycles. The number of carbonyl (C=O) groups is 1. The van der Waals surface area contributed by atoms with E-state index in [0.717, 1.165) is 17.4 Å². The van der Waals surface area contributed by atoms with Crippen LogP contribution in [0.25, 0.3) is 0 Å². The summed E-state index contributed by atoms with van der Waals surface area (Å²) in [4.78, 5) is 13.7. The van der Waals surface area contributed by atoms with Gasteiger partial charge < -0.3 is 10.1 Å². The lowest BCUT2D eigenvalue weighted by atomic mass is 10.2. The Balaban J connectivity index is 1.40. The van der Waals surface area contributed by atoms with E-state index in [1.807, 2.05) is 36.1 Å². The fourth-order valence-corrected chi connectivity index (χ4v) is 4.73. The predicted octanol–water partition coefficient (Wildman–Crippen LogP) is 1.64. The van der Waals surface area contributed by atoms with E-state index < -0.39 is 15.8 Å². The molecular formula is C21H26FN3O4S. The zero-order chi connectivity index (χ0) is 21.6. The summed E-state index contributed by atoms with van der Waals surface area (Å²) in [7, 11) is -3.88. The lowest BCUT2D eigenvalue weighted by Crippen LogP contribution is -2.51. The number of nitrogens with zero attached hydrogens (tertiary/aromatic N) is 2. The predicted molar refractivity (Wildman–Crippen MR) is 111 cm³/mol. The van der Waals surface area contributed by atoms with Gasteiger partial charge in [0.2, 0.25) is 15.9 Å². The van der Waals surface area contributed by atoms with E-state index in [-0.39, 0.29) is 30.4 Å². The quantitative estimate of drug-likeness (QED) is 0.638. The van der Waals surface area contributed by atoms with Crippen molar-refractivity contribution in [3.05, 3.63) is 59.9 Å². The highest BCUT2D eigenvalue weighted by molar-refractivity contribution is 7.89. The van der Waals surface area contributed by atoms with Crippen LogP contribution in [0.15, 0.2) is 53.4 Å². The minimum Gasteiger partial charge on any atom is -0.492 e. The number of aryl methyl sites for hydroxylation is 1. The Bertz CT molecular complexity index is 976. The van der Waals surface area contributed by atoms with Crippen molar-refractivity contribution in [2.75, 3.05) is 45.9 Å². The van der Waals surface area contributed by atoms with Crippen molar-refractivity contribution in [3.63, 3.8) is 0 Å². The topological polar surface area (TPSA) is 79.0 Å². The summed E-state index contributed by atoms with van der Waals surface area (Å²) >= 11 is 0. The fourth-order valence-electron chi connectivity index (χ4n) is 3.24. The largest absolute Gasteiger partial charge is 0.492 e. The molecule has 162 valence electrons. The highest BCUT2D eigenvalue weighted by Crippen LogP contribution is 2.20. The van der Waals surface area contributed by atoms with Crippen molar-refractivity contribution in [1.82, 2.24) is 14.5 Å². The summed E-state index contributed by atoms with van der Waals surface area (Å²) in [6.07, 6.45) is 0. The van der Waals surface area contributed by atoms with Crippen LogP contribution in [0, 0.1) is 12.7 Å². The van der Waals surface area contributed by atoms with Crippen molar-refractivity contribution < 1.29 is 22.3 Å². The Morgan fingerprint density at radius 2 is 1.83 bits per heavy atom. The van der Waals surface area contributed by atoms with E-state index in [1.165, 1.54) is 22.5 Å². The van der Waals surface area contributed by atoms with Crippen LogP contribution in [-0.4, -0.2) is 69.4 Å². The van der Waals surface area contributed by atoms with E-state index in [1.54, 1.807) is 0 Å². The summed E-state index contributed by atoms with van der Waals surface area (Å²) in [5, 5.41) is 2.80. The van der Waals surface area contributed by atoms with Crippen LogP contribution in [0.5, 0.6) is 5.75 Å². The summed E-state index contributed by atoms with van der Waals surface area (Å²) in [6.45, 7) is 4.13. The molecule has 1 aliphatic heterocycles. The van der Waals surface area contributed by atoms with Crippen LogP contribution in [0.4, 0.5) is 4.39 Å². The summed E-state index contributed by atoms with van der Waals surface area (Å²) in [5.41, 5.74) is 1.10. The maximum Gasteiger partial charge on any atom is 0.246 e. The second-order valence-corrected chi connectivity index (χ2v) is 9.03. The molecule has 2 aromatic rings. The van der Waals surface area contributed by atoms with Crippen LogP contribution >= 0.6 is 0 Å². The molecule has 1 saturated heterocycles. The third-order valence-electron chi connectivity index (χ3n) is 4.84. The lowest BCUT2D eigenvalue weighted by Gasteiger charge is -2.33. The molecule has 0 aliphatic carbocycles. The molecule has 3 rings (SSSR count). The molecule has 0 aromatic heterocycles. The van der Waals surface area contributed by atoms with Crippen LogP contribution in [0.1, 0.15) is 5.56 Å². The van der Waals surface area contributed by atoms with Crippen molar-refractivity contribution in [3.8, 4) is 5.75 Å². The lowest BCUT2D eigenvalue weighted by molar-refractivity contribution is -0.122. The molecule has 0 unspecified atom stereocenters. The standard InChI is InChI=1S/C21H26FN3O4S/c1-17-5-4-6-18(15-17)29-14-9-23-21(26)16-24-10-12-25(13-11-24)30(27,28)20-8-3-2-7-19(20)22/h2-8,15H,9-14,16H2,1H3,(H,23,26). The number of halogens is 1. The number of nitrogens with one attached hydrogen (secondary N) is 1. The van der Waals surface area contributed by atoms with Gasteiger partial charge in [-0.25, -0.2) is 12.8 Å². The van der Waals surface area contributed by atoms with E-state index in [2.05, 4.69) is 5.32 Å². The van der Waals surface area contributed by atoms with Gasteiger partial charge in [0.25, 0.3) is 0 Å². The number of ether oxygens (including phenoxy) is 1. The average Bonchev–Trinajstić information content (AvgIpc) is 2.72. The Kier molecular flexibility index (Phi) is 7.41. The van der Waals surface area contributed by atoms with E-state index in [0.29, 0.717) is 26.2 Å². The third kappa shape index (κ3) is 5.78. The number of piperazine rings is 1. The van der Waals surface area contributed by atoms with Crippen LogP contribution in [0.2, 0.25) is 0 Å². The van der Waals surface area contributed by atoms with Gasteiger partial charge in [-0.3, -0.25) is 9.69 Å². The van der Waals surface area contributed by atoms with Gasteiger partial charge in [-0.15, -0.1) is 0 Å². The Morgan fingerprint density at radius 1 is 1.10 bits per heavy atom. The Labute approximate surface area is 176 Å². The van der Waals surface area contributed by atoms with Gasteiger partial charge in [-0.1, -0.05) is 24.3 Å². The monoisotopic (exact) mass is 435 g/mol. The smallest absolute Gasteiger partial charge is 0.246 e. The highest BCUT2D eigenvalue weighted by atomic mass is 32.2. The molecule has 1 amide bonds. The minimum atomic E-state index is -3.88. The van der Waals surface area contributed by atoms with E-state index in [4.69, 9.17) is 4.74 Å². The second-order valence-electron chi connectivity index (χ2n) is 7.13. The average molecular weight is 436 g/mol. The number of carbonyl (C=O) groups excluding carboxylic acids is 1. The molecular weight excluding hydrogens is 409 g/mol. The van der Waals surface area contributed by atoms with Crippen LogP contribution in [0.3, 0.4) is 0 Å². The highest BCUT2D eigenvalue weighted by Gasteiger charge is 2.30. The van der Waals surface area contributed by atoms with Crippen molar-refractivity contribution in [1.29, 1.82) is 0 Å². The molecule has 9 heteroatoms. The second kappa shape index (κ2) is 10.0. The van der Waals surface area contributed by atoms with Gasteiger partial charge in [0.05, 0.1) is 13.1 Å². The van der Waals surface area contributed by atoms with E-state index in [9.17, 15) is 17.6 Å². The van der Waals surface area contributed by atoms with Crippen molar-refractivity contribution in [2.24, 2.45) is 0 Å². The van der Waals surface area contributed by atoms with Gasteiger partial charge >= 0.3 is 0 Å². The molecule has 0 saturated carbocycles. The molecule has 0 radical (unpaired) electrons.